The van der Waals surface area contributed by atoms with Crippen molar-refractivity contribution in [1.82, 2.24) is 0 Å². The third kappa shape index (κ3) is 3.17. The SMILES string of the molecule is CCC(C)c1cccc(C(C)(C(F)(F)F)C(F)(F)C(F)(F)F)c1. The highest BCUT2D eigenvalue weighted by molar-refractivity contribution is 5.36. The molecule has 1 aromatic carbocycles. The molecule has 0 N–H and O–H groups in total. The van der Waals surface area contributed by atoms with E-state index in [0.717, 1.165) is 12.1 Å². The normalized spacial score (nSPS) is 17.7. The zero-order valence-electron chi connectivity index (χ0n) is 12.6. The molecule has 0 aromatic heterocycles. The molecule has 0 aliphatic heterocycles. The molecule has 0 fully saturated rings. The van der Waals surface area contributed by atoms with Crippen LogP contribution in [0.4, 0.5) is 35.1 Å². The van der Waals surface area contributed by atoms with Crippen LogP contribution in [0.5, 0.6) is 0 Å². The molecule has 0 saturated carbocycles. The lowest BCUT2D eigenvalue weighted by atomic mass is 9.74. The monoisotopic (exact) mass is 348 g/mol. The van der Waals surface area contributed by atoms with Crippen LogP contribution in [0.1, 0.15) is 44.2 Å². The van der Waals surface area contributed by atoms with Crippen molar-refractivity contribution in [2.24, 2.45) is 0 Å². The molecule has 0 aliphatic rings. The summed E-state index contributed by atoms with van der Waals surface area (Å²) in [4.78, 5) is 0. The molecular formula is C15H16F8. The van der Waals surface area contributed by atoms with Crippen LogP contribution >= 0.6 is 0 Å². The Kier molecular flexibility index (Phi) is 5.09. The third-order valence-electron chi connectivity index (χ3n) is 4.20. The molecule has 2 unspecified atom stereocenters. The fourth-order valence-electron chi connectivity index (χ4n) is 2.20. The van der Waals surface area contributed by atoms with Gasteiger partial charge in [-0.05, 0) is 30.4 Å². The van der Waals surface area contributed by atoms with Crippen molar-refractivity contribution < 1.29 is 35.1 Å². The quantitative estimate of drug-likeness (QED) is 0.567. The molecule has 23 heavy (non-hydrogen) atoms. The minimum Gasteiger partial charge on any atom is -0.195 e. The second kappa shape index (κ2) is 5.94. The highest BCUT2D eigenvalue weighted by Crippen LogP contribution is 2.57. The second-order valence-electron chi connectivity index (χ2n) is 5.63. The standard InChI is InChI=1S/C15H16F8/c1-4-9(2)10-6-5-7-11(8-10)12(3,14(18,19)20)13(16,17)15(21,22)23/h5-9H,4H2,1-3H3. The number of benzene rings is 1. The van der Waals surface area contributed by atoms with Crippen molar-refractivity contribution in [3.8, 4) is 0 Å². The maximum absolute atomic E-state index is 13.7. The largest absolute Gasteiger partial charge is 0.454 e. The van der Waals surface area contributed by atoms with Crippen LogP contribution < -0.4 is 0 Å². The fourth-order valence-corrected chi connectivity index (χ4v) is 2.20. The van der Waals surface area contributed by atoms with Gasteiger partial charge in [-0.3, -0.25) is 0 Å². The van der Waals surface area contributed by atoms with E-state index in [9.17, 15) is 35.1 Å². The van der Waals surface area contributed by atoms with Gasteiger partial charge in [0.15, 0.2) is 5.41 Å². The van der Waals surface area contributed by atoms with Gasteiger partial charge in [0, 0.05) is 0 Å². The first kappa shape index (κ1) is 19.7. The van der Waals surface area contributed by atoms with Crippen LogP contribution in [0.3, 0.4) is 0 Å². The Morgan fingerprint density at radius 1 is 0.913 bits per heavy atom. The number of alkyl halides is 8. The first-order chi connectivity index (χ1) is 10.2. The van der Waals surface area contributed by atoms with Crippen LogP contribution in [-0.2, 0) is 5.41 Å². The zero-order valence-corrected chi connectivity index (χ0v) is 12.6. The lowest BCUT2D eigenvalue weighted by Gasteiger charge is -2.40. The van der Waals surface area contributed by atoms with E-state index in [4.69, 9.17) is 0 Å². The van der Waals surface area contributed by atoms with E-state index in [2.05, 4.69) is 0 Å². The van der Waals surface area contributed by atoms with E-state index < -0.39 is 29.3 Å². The Hall–Kier alpha value is -1.34. The van der Waals surface area contributed by atoms with Gasteiger partial charge in [0.05, 0.1) is 0 Å². The first-order valence-electron chi connectivity index (χ1n) is 6.81. The number of hydrogen-bond donors (Lipinski definition) is 0. The highest BCUT2D eigenvalue weighted by Gasteiger charge is 2.77. The Balaban J connectivity index is 3.63. The predicted molar refractivity (Wildman–Crippen MR) is 69.6 cm³/mol. The van der Waals surface area contributed by atoms with E-state index in [0.29, 0.717) is 12.5 Å². The Labute approximate surface area is 128 Å². The maximum Gasteiger partial charge on any atom is 0.454 e. The van der Waals surface area contributed by atoms with Gasteiger partial charge in [0.25, 0.3) is 0 Å². The Bertz CT molecular complexity index is 543. The molecule has 1 rings (SSSR count). The lowest BCUT2D eigenvalue weighted by molar-refractivity contribution is -0.354. The van der Waals surface area contributed by atoms with E-state index >= 15 is 0 Å². The zero-order chi connectivity index (χ0) is 18.3. The average molecular weight is 348 g/mol. The van der Waals surface area contributed by atoms with Gasteiger partial charge < -0.3 is 0 Å². The van der Waals surface area contributed by atoms with Gasteiger partial charge in [-0.1, -0.05) is 38.1 Å². The molecule has 0 radical (unpaired) electrons. The summed E-state index contributed by atoms with van der Waals surface area (Å²) >= 11 is 0. The van der Waals surface area contributed by atoms with Crippen LogP contribution in [0.25, 0.3) is 0 Å². The molecule has 0 amide bonds. The van der Waals surface area contributed by atoms with Gasteiger partial charge in [0.1, 0.15) is 0 Å². The molecule has 8 heteroatoms. The van der Waals surface area contributed by atoms with Crippen molar-refractivity contribution in [1.29, 1.82) is 0 Å². The molecule has 2 atom stereocenters. The van der Waals surface area contributed by atoms with Crippen molar-refractivity contribution in [3.05, 3.63) is 35.4 Å². The summed E-state index contributed by atoms with van der Waals surface area (Å²) in [5, 5.41) is 0. The van der Waals surface area contributed by atoms with E-state index in [1.807, 2.05) is 0 Å². The van der Waals surface area contributed by atoms with Crippen molar-refractivity contribution >= 4 is 0 Å². The van der Waals surface area contributed by atoms with Gasteiger partial charge >= 0.3 is 18.3 Å². The smallest absolute Gasteiger partial charge is 0.195 e. The van der Waals surface area contributed by atoms with E-state index in [1.54, 1.807) is 13.8 Å². The van der Waals surface area contributed by atoms with Crippen molar-refractivity contribution in [3.63, 3.8) is 0 Å². The van der Waals surface area contributed by atoms with Crippen molar-refractivity contribution in [2.75, 3.05) is 0 Å². The molecule has 0 bridgehead atoms. The lowest BCUT2D eigenvalue weighted by Crippen LogP contribution is -2.60. The summed E-state index contributed by atoms with van der Waals surface area (Å²) in [5.41, 5.74) is -5.20. The van der Waals surface area contributed by atoms with Crippen LogP contribution in [0, 0.1) is 0 Å². The summed E-state index contributed by atoms with van der Waals surface area (Å²) in [6, 6.07) is 3.90. The molecule has 0 saturated heterocycles. The van der Waals surface area contributed by atoms with Gasteiger partial charge in [-0.2, -0.15) is 35.1 Å². The molecule has 0 spiro atoms. The Morgan fingerprint density at radius 3 is 1.83 bits per heavy atom. The summed E-state index contributed by atoms with van der Waals surface area (Å²) in [6.07, 6.45) is -11.6. The Morgan fingerprint density at radius 2 is 1.43 bits per heavy atom. The topological polar surface area (TPSA) is 0 Å². The predicted octanol–water partition coefficient (Wildman–Crippen LogP) is 6.22. The maximum atomic E-state index is 13.7. The molecule has 0 aliphatic carbocycles. The number of rotatable bonds is 4. The van der Waals surface area contributed by atoms with Crippen molar-refractivity contribution in [2.45, 2.75) is 56.8 Å². The minimum absolute atomic E-state index is 0.115. The molecular weight excluding hydrogens is 332 g/mol. The number of hydrogen-bond acceptors (Lipinski definition) is 0. The summed E-state index contributed by atoms with van der Waals surface area (Å²) in [7, 11) is 0. The summed E-state index contributed by atoms with van der Waals surface area (Å²) < 4.78 is 105. The molecule has 1 aromatic rings. The van der Waals surface area contributed by atoms with Gasteiger partial charge in [-0.25, -0.2) is 0 Å². The molecule has 0 nitrogen and oxygen atoms in total. The average Bonchev–Trinajstić information content (AvgIpc) is 2.43. The summed E-state index contributed by atoms with van der Waals surface area (Å²) in [6.45, 7) is 3.26. The molecule has 132 valence electrons. The van der Waals surface area contributed by atoms with E-state index in [1.165, 1.54) is 6.07 Å². The van der Waals surface area contributed by atoms with Gasteiger partial charge in [0.2, 0.25) is 0 Å². The first-order valence-corrected chi connectivity index (χ1v) is 6.81. The highest BCUT2D eigenvalue weighted by atomic mass is 19.4. The summed E-state index contributed by atoms with van der Waals surface area (Å²) in [5.74, 6) is -6.24. The minimum atomic E-state index is -6.33. The van der Waals surface area contributed by atoms with Crippen LogP contribution in [0.15, 0.2) is 24.3 Å². The fraction of sp³-hybridized carbons (Fsp3) is 0.600. The van der Waals surface area contributed by atoms with E-state index in [-0.39, 0.29) is 18.4 Å². The van der Waals surface area contributed by atoms with Crippen LogP contribution in [0.2, 0.25) is 0 Å². The number of halogens is 8. The molecule has 0 heterocycles. The third-order valence-corrected chi connectivity index (χ3v) is 4.20. The van der Waals surface area contributed by atoms with Gasteiger partial charge in [-0.15, -0.1) is 0 Å². The second-order valence-corrected chi connectivity index (χ2v) is 5.63. The van der Waals surface area contributed by atoms with Crippen LogP contribution in [-0.4, -0.2) is 18.3 Å².